The lowest BCUT2D eigenvalue weighted by molar-refractivity contribution is 0.132. The minimum atomic E-state index is 0. The fourth-order valence-corrected chi connectivity index (χ4v) is 4.91. The molecule has 1 heterocycles. The zero-order chi connectivity index (χ0) is 23.3. The van der Waals surface area contributed by atoms with Gasteiger partial charge in [-0.2, -0.15) is 0 Å². The second kappa shape index (κ2) is 18.3. The van der Waals surface area contributed by atoms with E-state index in [0.29, 0.717) is 0 Å². The van der Waals surface area contributed by atoms with E-state index in [1.807, 2.05) is 24.3 Å². The van der Waals surface area contributed by atoms with Crippen molar-refractivity contribution in [2.75, 3.05) is 50.3 Å². The van der Waals surface area contributed by atoms with Gasteiger partial charge in [-0.05, 0) is 80.6 Å². The number of anilines is 1. The highest BCUT2D eigenvalue weighted by atomic mass is 35.5. The number of piperazine rings is 1. The zero-order valence-electron chi connectivity index (χ0n) is 20.7. The van der Waals surface area contributed by atoms with Crippen molar-refractivity contribution in [3.05, 3.63) is 64.7 Å². The average Bonchev–Trinajstić information content (AvgIpc) is 2.83. The van der Waals surface area contributed by atoms with Crippen LogP contribution in [-0.2, 0) is 12.8 Å². The molecule has 1 aliphatic rings. The topological polar surface area (TPSA) is 35.6 Å². The Balaban J connectivity index is 0.00000306. The van der Waals surface area contributed by atoms with Crippen LogP contribution in [0.2, 0.25) is 5.02 Å². The summed E-state index contributed by atoms with van der Waals surface area (Å²) >= 11 is 7.35. The molecule has 0 radical (unpaired) electrons. The zero-order valence-corrected chi connectivity index (χ0v) is 23.9. The molecule has 0 aliphatic carbocycles. The number of thioether (sulfide) groups is 1. The number of carbonyl (C=O) groups excluding carboxylic acids is 1. The maximum absolute atomic E-state index is 12.2. The monoisotopic (exact) mass is 559 g/mol. The SMILES string of the molecule is CCCCc1ccc(NC(=O)SCCCN2CCN(CCCc3ccc(Cl)cc3)CC2)cc1.Cl.Cl. The Bertz CT molecular complexity index is 829. The van der Waals surface area contributed by atoms with E-state index < -0.39 is 0 Å². The highest BCUT2D eigenvalue weighted by molar-refractivity contribution is 8.13. The molecule has 2 aromatic rings. The third kappa shape index (κ3) is 12.7. The smallest absolute Gasteiger partial charge is 0.283 e. The Morgan fingerprint density at radius 1 is 0.829 bits per heavy atom. The highest BCUT2D eigenvalue weighted by Gasteiger charge is 2.16. The van der Waals surface area contributed by atoms with Crippen molar-refractivity contribution in [3.63, 3.8) is 0 Å². The van der Waals surface area contributed by atoms with Gasteiger partial charge in [0, 0.05) is 42.6 Å². The Morgan fingerprint density at radius 3 is 1.91 bits per heavy atom. The lowest BCUT2D eigenvalue weighted by atomic mass is 10.1. The van der Waals surface area contributed by atoms with Crippen molar-refractivity contribution in [1.82, 2.24) is 9.80 Å². The lowest BCUT2D eigenvalue weighted by Gasteiger charge is -2.34. The molecular weight excluding hydrogens is 521 g/mol. The largest absolute Gasteiger partial charge is 0.317 e. The first-order valence-electron chi connectivity index (χ1n) is 12.3. The van der Waals surface area contributed by atoms with Crippen molar-refractivity contribution in [2.24, 2.45) is 0 Å². The summed E-state index contributed by atoms with van der Waals surface area (Å²) in [6.07, 6.45) is 6.87. The highest BCUT2D eigenvalue weighted by Crippen LogP contribution is 2.16. The van der Waals surface area contributed by atoms with Crippen LogP contribution in [0.4, 0.5) is 10.5 Å². The molecule has 3 rings (SSSR count). The lowest BCUT2D eigenvalue weighted by Crippen LogP contribution is -2.46. The van der Waals surface area contributed by atoms with Crippen molar-refractivity contribution in [2.45, 2.75) is 45.4 Å². The van der Waals surface area contributed by atoms with Gasteiger partial charge in [0.1, 0.15) is 0 Å². The first-order chi connectivity index (χ1) is 16.1. The minimum Gasteiger partial charge on any atom is -0.317 e. The number of benzene rings is 2. The number of nitrogens with zero attached hydrogens (tertiary/aromatic N) is 2. The molecule has 4 nitrogen and oxygen atoms in total. The van der Waals surface area contributed by atoms with Gasteiger partial charge in [0.25, 0.3) is 5.24 Å². The summed E-state index contributed by atoms with van der Waals surface area (Å²) in [5.41, 5.74) is 3.59. The Labute approximate surface area is 233 Å². The molecule has 8 heteroatoms. The molecular formula is C27H40Cl3N3OS. The van der Waals surface area contributed by atoms with Gasteiger partial charge >= 0.3 is 0 Å². The fourth-order valence-electron chi connectivity index (χ4n) is 4.14. The van der Waals surface area contributed by atoms with Crippen LogP contribution in [0.1, 0.15) is 43.7 Å². The van der Waals surface area contributed by atoms with Crippen LogP contribution >= 0.6 is 48.2 Å². The van der Waals surface area contributed by atoms with Gasteiger partial charge in [-0.25, -0.2) is 0 Å². The van der Waals surface area contributed by atoms with Crippen molar-refractivity contribution >= 4 is 59.1 Å². The van der Waals surface area contributed by atoms with Gasteiger partial charge in [-0.15, -0.1) is 24.8 Å². The van der Waals surface area contributed by atoms with Gasteiger partial charge in [0.05, 0.1) is 0 Å². The molecule has 0 unspecified atom stereocenters. The van der Waals surface area contributed by atoms with E-state index in [0.717, 1.165) is 75.0 Å². The Hall–Kier alpha value is -0.950. The van der Waals surface area contributed by atoms with Crippen molar-refractivity contribution in [3.8, 4) is 0 Å². The number of unbranched alkanes of at least 4 members (excludes halogenated alkanes) is 1. The molecule has 1 amide bonds. The molecule has 0 aromatic heterocycles. The second-order valence-electron chi connectivity index (χ2n) is 8.83. The fraction of sp³-hybridized carbons (Fsp3) is 0.519. The third-order valence-electron chi connectivity index (χ3n) is 6.19. The summed E-state index contributed by atoms with van der Waals surface area (Å²) in [7, 11) is 0. The number of amides is 1. The van der Waals surface area contributed by atoms with Crippen LogP contribution in [0.5, 0.6) is 0 Å². The average molecular weight is 561 g/mol. The standard InChI is InChI=1S/C27H38ClN3OS.2ClH/c1-2-3-6-23-10-14-26(15-11-23)29-27(32)33-22-5-17-31-20-18-30(19-21-31)16-4-7-24-8-12-25(28)13-9-24;;/h8-15H,2-7,16-22H2,1H3,(H,29,32);2*1H. The predicted octanol–water partition coefficient (Wildman–Crippen LogP) is 7.43. The van der Waals surface area contributed by atoms with Crippen LogP contribution in [-0.4, -0.2) is 60.1 Å². The van der Waals surface area contributed by atoms with E-state index in [2.05, 4.69) is 46.3 Å². The quantitative estimate of drug-likeness (QED) is 0.274. The number of aryl methyl sites for hydroxylation is 2. The van der Waals surface area contributed by atoms with Crippen LogP contribution < -0.4 is 5.32 Å². The predicted molar refractivity (Wildman–Crippen MR) is 158 cm³/mol. The summed E-state index contributed by atoms with van der Waals surface area (Å²) < 4.78 is 0. The van der Waals surface area contributed by atoms with Crippen molar-refractivity contribution < 1.29 is 4.79 Å². The van der Waals surface area contributed by atoms with E-state index in [9.17, 15) is 4.79 Å². The molecule has 0 spiro atoms. The van der Waals surface area contributed by atoms with Gasteiger partial charge in [-0.3, -0.25) is 4.79 Å². The maximum atomic E-state index is 12.2. The Morgan fingerprint density at radius 2 is 1.34 bits per heavy atom. The van der Waals surface area contributed by atoms with Gasteiger partial charge in [0.2, 0.25) is 0 Å². The molecule has 0 bridgehead atoms. The summed E-state index contributed by atoms with van der Waals surface area (Å²) in [5, 5.41) is 3.85. The molecule has 1 aliphatic heterocycles. The molecule has 196 valence electrons. The normalized spacial score (nSPS) is 14.1. The molecule has 1 saturated heterocycles. The number of carbonyl (C=O) groups is 1. The van der Waals surface area contributed by atoms with Crippen LogP contribution in [0.15, 0.2) is 48.5 Å². The van der Waals surface area contributed by atoms with E-state index in [1.165, 1.54) is 42.2 Å². The summed E-state index contributed by atoms with van der Waals surface area (Å²) in [4.78, 5) is 17.3. The van der Waals surface area contributed by atoms with E-state index in [4.69, 9.17) is 11.6 Å². The number of rotatable bonds is 12. The molecule has 0 saturated carbocycles. The number of nitrogens with one attached hydrogen (secondary N) is 1. The summed E-state index contributed by atoms with van der Waals surface area (Å²) in [6, 6.07) is 16.5. The summed E-state index contributed by atoms with van der Waals surface area (Å²) in [5.74, 6) is 0.863. The number of hydrogen-bond acceptors (Lipinski definition) is 4. The first kappa shape index (κ1) is 32.1. The van der Waals surface area contributed by atoms with Crippen molar-refractivity contribution in [1.29, 1.82) is 0 Å². The van der Waals surface area contributed by atoms with Gasteiger partial charge in [-0.1, -0.05) is 61.0 Å². The molecule has 35 heavy (non-hydrogen) atoms. The Kier molecular flexibility index (Phi) is 16.8. The minimum absolute atomic E-state index is 0. The molecule has 0 atom stereocenters. The molecule has 2 aromatic carbocycles. The third-order valence-corrected chi connectivity index (χ3v) is 7.30. The second-order valence-corrected chi connectivity index (χ2v) is 10.3. The summed E-state index contributed by atoms with van der Waals surface area (Å²) in [6.45, 7) is 8.98. The van der Waals surface area contributed by atoms with Gasteiger partial charge in [0.15, 0.2) is 0 Å². The van der Waals surface area contributed by atoms with Gasteiger partial charge < -0.3 is 15.1 Å². The molecule has 1 fully saturated rings. The molecule has 1 N–H and O–H groups in total. The van der Waals surface area contributed by atoms with E-state index in [-0.39, 0.29) is 30.1 Å². The number of hydrogen-bond donors (Lipinski definition) is 1. The maximum Gasteiger partial charge on any atom is 0.283 e. The van der Waals surface area contributed by atoms with E-state index in [1.54, 1.807) is 0 Å². The van der Waals surface area contributed by atoms with E-state index >= 15 is 0 Å². The van der Waals surface area contributed by atoms with Crippen LogP contribution in [0, 0.1) is 0 Å². The number of halogens is 3. The van der Waals surface area contributed by atoms with Crippen LogP contribution in [0.25, 0.3) is 0 Å². The van der Waals surface area contributed by atoms with Crippen LogP contribution in [0.3, 0.4) is 0 Å². The first-order valence-corrected chi connectivity index (χ1v) is 13.7.